The summed E-state index contributed by atoms with van der Waals surface area (Å²) in [5.41, 5.74) is 1.00. The van der Waals surface area contributed by atoms with E-state index in [1.807, 2.05) is 0 Å². The highest BCUT2D eigenvalue weighted by Gasteiger charge is 2.12. The lowest BCUT2D eigenvalue weighted by Gasteiger charge is -2.04. The van der Waals surface area contributed by atoms with E-state index in [1.54, 1.807) is 30.5 Å². The monoisotopic (exact) mass is 303 g/mol. The molecule has 6 heteroatoms. The second kappa shape index (κ2) is 5.88. The zero-order valence-electron chi connectivity index (χ0n) is 11.2. The van der Waals surface area contributed by atoms with Gasteiger partial charge in [0, 0.05) is 24.2 Å². The van der Waals surface area contributed by atoms with Crippen LogP contribution in [0.1, 0.15) is 11.1 Å². The fourth-order valence-corrected chi connectivity index (χ4v) is 2.47. The second-order valence-corrected chi connectivity index (χ2v) is 6.47. The number of aromatic nitrogens is 1. The smallest absolute Gasteiger partial charge is 0.336 e. The molecule has 1 N–H and O–H groups in total. The number of benzene rings is 1. The van der Waals surface area contributed by atoms with Crippen molar-refractivity contribution in [2.24, 2.45) is 0 Å². The highest BCUT2D eigenvalue weighted by atomic mass is 32.2. The van der Waals surface area contributed by atoms with Gasteiger partial charge in [-0.25, -0.2) is 13.2 Å². The number of carbonyl (C=O) groups is 1. The summed E-state index contributed by atoms with van der Waals surface area (Å²) in [5, 5.41) is 9.30. The van der Waals surface area contributed by atoms with E-state index in [4.69, 9.17) is 0 Å². The number of rotatable bonds is 4. The Bertz CT molecular complexity index is 795. The van der Waals surface area contributed by atoms with Crippen LogP contribution in [0, 0.1) is 0 Å². The van der Waals surface area contributed by atoms with Gasteiger partial charge >= 0.3 is 5.97 Å². The molecule has 0 spiro atoms. The SMILES string of the molecule is CS(=O)(=O)c1cccc(/C=C(/C(=O)O)c2cccnc2)c1. The van der Waals surface area contributed by atoms with E-state index in [1.165, 1.54) is 24.4 Å². The third kappa shape index (κ3) is 3.76. The Morgan fingerprint density at radius 3 is 2.57 bits per heavy atom. The summed E-state index contributed by atoms with van der Waals surface area (Å²) >= 11 is 0. The van der Waals surface area contributed by atoms with Gasteiger partial charge in [0.25, 0.3) is 0 Å². The minimum Gasteiger partial charge on any atom is -0.478 e. The molecular weight excluding hydrogens is 290 g/mol. The quantitative estimate of drug-likeness (QED) is 0.874. The van der Waals surface area contributed by atoms with Crippen molar-refractivity contribution in [2.45, 2.75) is 4.90 Å². The predicted molar refractivity (Wildman–Crippen MR) is 79.3 cm³/mol. The first-order chi connectivity index (χ1) is 9.88. The van der Waals surface area contributed by atoms with Crippen LogP contribution in [0.2, 0.25) is 0 Å². The minimum atomic E-state index is -3.34. The average Bonchev–Trinajstić information content (AvgIpc) is 2.45. The molecule has 0 bridgehead atoms. The molecule has 0 fully saturated rings. The molecule has 1 aromatic heterocycles. The van der Waals surface area contributed by atoms with Crippen molar-refractivity contribution in [3.8, 4) is 0 Å². The van der Waals surface area contributed by atoms with Crippen molar-refractivity contribution < 1.29 is 18.3 Å². The second-order valence-electron chi connectivity index (χ2n) is 4.45. The summed E-state index contributed by atoms with van der Waals surface area (Å²) in [5.74, 6) is -1.10. The lowest BCUT2D eigenvalue weighted by atomic mass is 10.0. The van der Waals surface area contributed by atoms with Gasteiger partial charge in [0.05, 0.1) is 10.5 Å². The van der Waals surface area contributed by atoms with Gasteiger partial charge in [-0.15, -0.1) is 0 Å². The van der Waals surface area contributed by atoms with Crippen LogP contribution in [-0.2, 0) is 14.6 Å². The topological polar surface area (TPSA) is 84.3 Å². The van der Waals surface area contributed by atoms with Crippen molar-refractivity contribution in [3.63, 3.8) is 0 Å². The van der Waals surface area contributed by atoms with E-state index in [-0.39, 0.29) is 10.5 Å². The van der Waals surface area contributed by atoms with E-state index in [2.05, 4.69) is 4.98 Å². The first kappa shape index (κ1) is 14.9. The lowest BCUT2D eigenvalue weighted by Crippen LogP contribution is -2.00. The van der Waals surface area contributed by atoms with Crippen LogP contribution in [0.15, 0.2) is 53.7 Å². The number of aliphatic carboxylic acids is 1. The largest absolute Gasteiger partial charge is 0.478 e. The zero-order chi connectivity index (χ0) is 15.5. The molecule has 0 aliphatic carbocycles. The molecule has 108 valence electrons. The molecule has 0 unspecified atom stereocenters. The third-order valence-electron chi connectivity index (χ3n) is 2.80. The molecule has 0 amide bonds. The van der Waals surface area contributed by atoms with Crippen LogP contribution in [-0.4, -0.2) is 30.7 Å². The predicted octanol–water partition coefficient (Wildman–Crippen LogP) is 2.11. The molecule has 0 atom stereocenters. The zero-order valence-corrected chi connectivity index (χ0v) is 12.0. The van der Waals surface area contributed by atoms with Crippen molar-refractivity contribution in [2.75, 3.05) is 6.26 Å². The van der Waals surface area contributed by atoms with Gasteiger partial charge in [-0.05, 0) is 29.8 Å². The summed E-state index contributed by atoms with van der Waals surface area (Å²) < 4.78 is 23.1. The Hall–Kier alpha value is -2.47. The molecule has 0 saturated heterocycles. The van der Waals surface area contributed by atoms with E-state index >= 15 is 0 Å². The molecule has 0 saturated carbocycles. The Labute approximate surface area is 122 Å². The maximum atomic E-state index is 11.5. The molecule has 5 nitrogen and oxygen atoms in total. The van der Waals surface area contributed by atoms with Gasteiger partial charge in [0.1, 0.15) is 0 Å². The Morgan fingerprint density at radius 2 is 2.00 bits per heavy atom. The molecule has 0 radical (unpaired) electrons. The number of sulfone groups is 1. The number of carboxylic acid groups (broad SMARTS) is 1. The van der Waals surface area contributed by atoms with Gasteiger partial charge in [-0.2, -0.15) is 0 Å². The Morgan fingerprint density at radius 1 is 1.24 bits per heavy atom. The normalized spacial score (nSPS) is 12.1. The van der Waals surface area contributed by atoms with Crippen LogP contribution in [0.25, 0.3) is 11.6 Å². The van der Waals surface area contributed by atoms with Gasteiger partial charge in [-0.1, -0.05) is 18.2 Å². The van der Waals surface area contributed by atoms with Gasteiger partial charge in [0.15, 0.2) is 9.84 Å². The van der Waals surface area contributed by atoms with Crippen LogP contribution >= 0.6 is 0 Å². The Kier molecular flexibility index (Phi) is 4.18. The molecule has 1 aromatic carbocycles. The van der Waals surface area contributed by atoms with E-state index < -0.39 is 15.8 Å². The summed E-state index contributed by atoms with van der Waals surface area (Å²) in [7, 11) is -3.34. The standard InChI is InChI=1S/C15H13NO4S/c1-21(19,20)13-6-2-4-11(8-13)9-14(15(17)18)12-5-3-7-16-10-12/h2-10H,1H3,(H,17,18)/b14-9+. The number of carboxylic acids is 1. The minimum absolute atomic E-state index is 0.0498. The van der Waals surface area contributed by atoms with Crippen molar-refractivity contribution in [1.29, 1.82) is 0 Å². The molecule has 2 aromatic rings. The van der Waals surface area contributed by atoms with Crippen LogP contribution in [0.3, 0.4) is 0 Å². The number of hydrogen-bond donors (Lipinski definition) is 1. The summed E-state index contributed by atoms with van der Waals surface area (Å²) in [6, 6.07) is 9.40. The summed E-state index contributed by atoms with van der Waals surface area (Å²) in [6.07, 6.45) is 5.52. The number of pyridine rings is 1. The molecule has 1 heterocycles. The highest BCUT2D eigenvalue weighted by molar-refractivity contribution is 7.90. The molecule has 0 aliphatic rings. The Balaban J connectivity index is 2.52. The maximum Gasteiger partial charge on any atom is 0.336 e. The van der Waals surface area contributed by atoms with E-state index in [0.717, 1.165) is 6.26 Å². The van der Waals surface area contributed by atoms with Gasteiger partial charge in [-0.3, -0.25) is 4.98 Å². The van der Waals surface area contributed by atoms with Gasteiger partial charge < -0.3 is 5.11 Å². The van der Waals surface area contributed by atoms with Crippen molar-refractivity contribution >= 4 is 27.5 Å². The summed E-state index contributed by atoms with van der Waals surface area (Å²) in [6.45, 7) is 0. The fourth-order valence-electron chi connectivity index (χ4n) is 1.79. The molecule has 2 rings (SSSR count). The van der Waals surface area contributed by atoms with E-state index in [9.17, 15) is 18.3 Å². The summed E-state index contributed by atoms with van der Waals surface area (Å²) in [4.78, 5) is 15.4. The third-order valence-corrected chi connectivity index (χ3v) is 3.91. The first-order valence-corrected chi connectivity index (χ1v) is 7.92. The average molecular weight is 303 g/mol. The molecule has 21 heavy (non-hydrogen) atoms. The lowest BCUT2D eigenvalue weighted by molar-refractivity contribution is -0.130. The first-order valence-electron chi connectivity index (χ1n) is 6.03. The van der Waals surface area contributed by atoms with Crippen LogP contribution in [0.5, 0.6) is 0 Å². The van der Waals surface area contributed by atoms with Gasteiger partial charge in [0.2, 0.25) is 0 Å². The molecular formula is C15H13NO4S. The number of nitrogens with zero attached hydrogens (tertiary/aromatic N) is 1. The number of hydrogen-bond acceptors (Lipinski definition) is 4. The van der Waals surface area contributed by atoms with E-state index in [0.29, 0.717) is 11.1 Å². The van der Waals surface area contributed by atoms with Crippen molar-refractivity contribution in [3.05, 3.63) is 59.9 Å². The van der Waals surface area contributed by atoms with Crippen LogP contribution in [0.4, 0.5) is 0 Å². The molecule has 0 aliphatic heterocycles. The maximum absolute atomic E-state index is 11.5. The fraction of sp³-hybridized carbons (Fsp3) is 0.0667. The van der Waals surface area contributed by atoms with Crippen LogP contribution < -0.4 is 0 Å². The van der Waals surface area contributed by atoms with Crippen molar-refractivity contribution in [1.82, 2.24) is 4.98 Å². The highest BCUT2D eigenvalue weighted by Crippen LogP contribution is 2.19.